The van der Waals surface area contributed by atoms with Gasteiger partial charge in [0, 0.05) is 18.0 Å². The zero-order valence-corrected chi connectivity index (χ0v) is 20.5. The van der Waals surface area contributed by atoms with Gasteiger partial charge in [-0.3, -0.25) is 19.0 Å². The van der Waals surface area contributed by atoms with Crippen molar-refractivity contribution in [3.05, 3.63) is 47.0 Å². The summed E-state index contributed by atoms with van der Waals surface area (Å²) in [5, 5.41) is 0. The Labute approximate surface area is 202 Å². The predicted octanol–water partition coefficient (Wildman–Crippen LogP) is 3.71. The molecule has 1 saturated carbocycles. The number of methoxy groups -OCH3 is 1. The minimum Gasteiger partial charge on any atom is -0.497 e. The number of amides is 1. The quantitative estimate of drug-likeness (QED) is 0.476. The molecule has 0 N–H and O–H groups in total. The Hall–Kier alpha value is -3.20. The molecular formula is C25H29N3O5S. The van der Waals surface area contributed by atoms with E-state index in [9.17, 15) is 14.4 Å². The second-order valence-electron chi connectivity index (χ2n) is 8.81. The van der Waals surface area contributed by atoms with E-state index in [0.29, 0.717) is 16.1 Å². The van der Waals surface area contributed by atoms with Crippen LogP contribution >= 0.6 is 11.3 Å². The van der Waals surface area contributed by atoms with Crippen molar-refractivity contribution in [2.24, 2.45) is 5.92 Å². The van der Waals surface area contributed by atoms with Gasteiger partial charge in [-0.05, 0) is 67.5 Å². The number of hydrogen-bond acceptors (Lipinski definition) is 7. The van der Waals surface area contributed by atoms with Crippen LogP contribution in [-0.2, 0) is 20.9 Å². The topological polar surface area (TPSA) is 90.7 Å². The maximum absolute atomic E-state index is 12.9. The van der Waals surface area contributed by atoms with Crippen LogP contribution in [-0.4, -0.2) is 53.1 Å². The Morgan fingerprint density at radius 3 is 2.56 bits per heavy atom. The number of esters is 1. The fraction of sp³-hybridized carbons (Fsp3) is 0.440. The molecule has 1 aliphatic rings. The second kappa shape index (κ2) is 10.4. The number of ether oxygens (including phenoxy) is 2. The van der Waals surface area contributed by atoms with Crippen LogP contribution in [0.25, 0.3) is 20.7 Å². The molecule has 2 aromatic heterocycles. The zero-order valence-electron chi connectivity index (χ0n) is 19.7. The van der Waals surface area contributed by atoms with Gasteiger partial charge >= 0.3 is 5.97 Å². The van der Waals surface area contributed by atoms with Crippen molar-refractivity contribution >= 4 is 33.4 Å². The van der Waals surface area contributed by atoms with Gasteiger partial charge in [0.05, 0.1) is 19.0 Å². The number of likely N-dealkylation sites (N-methyl/N-ethyl adjacent to an activating group) is 1. The summed E-state index contributed by atoms with van der Waals surface area (Å²) in [4.78, 5) is 44.6. The van der Waals surface area contributed by atoms with Crippen LogP contribution in [0.1, 0.15) is 32.6 Å². The summed E-state index contributed by atoms with van der Waals surface area (Å²) in [5.41, 5.74) is 1.21. The highest BCUT2D eigenvalue weighted by Crippen LogP contribution is 2.31. The van der Waals surface area contributed by atoms with Crippen molar-refractivity contribution in [1.29, 1.82) is 0 Å². The number of rotatable bonds is 7. The molecule has 3 aromatic rings. The molecule has 0 saturated heterocycles. The van der Waals surface area contributed by atoms with Gasteiger partial charge in [0.15, 0.2) is 6.61 Å². The molecule has 0 radical (unpaired) electrons. The van der Waals surface area contributed by atoms with Crippen molar-refractivity contribution in [3.8, 4) is 16.2 Å². The Kier molecular flexibility index (Phi) is 7.31. The van der Waals surface area contributed by atoms with Gasteiger partial charge in [0.25, 0.3) is 11.5 Å². The van der Waals surface area contributed by atoms with E-state index in [-0.39, 0.29) is 30.7 Å². The van der Waals surface area contributed by atoms with Crippen molar-refractivity contribution in [2.75, 3.05) is 20.8 Å². The van der Waals surface area contributed by atoms with Gasteiger partial charge in [-0.15, -0.1) is 11.3 Å². The second-order valence-corrected chi connectivity index (χ2v) is 9.86. The molecule has 0 aliphatic heterocycles. The highest BCUT2D eigenvalue weighted by Gasteiger charge is 2.25. The Morgan fingerprint density at radius 1 is 1.18 bits per heavy atom. The fourth-order valence-electron chi connectivity index (χ4n) is 4.22. The third kappa shape index (κ3) is 5.30. The average molecular weight is 484 g/mol. The van der Waals surface area contributed by atoms with Crippen LogP contribution in [0.4, 0.5) is 0 Å². The van der Waals surface area contributed by atoms with Gasteiger partial charge in [-0.2, -0.15) is 0 Å². The summed E-state index contributed by atoms with van der Waals surface area (Å²) < 4.78 is 12.0. The van der Waals surface area contributed by atoms with E-state index in [1.807, 2.05) is 30.3 Å². The maximum Gasteiger partial charge on any atom is 0.326 e. The van der Waals surface area contributed by atoms with E-state index in [4.69, 9.17) is 9.47 Å². The molecule has 0 unspecified atom stereocenters. The van der Waals surface area contributed by atoms with E-state index in [0.717, 1.165) is 41.9 Å². The molecule has 4 rings (SSSR count). The summed E-state index contributed by atoms with van der Waals surface area (Å²) in [5.74, 6) is 0.574. The van der Waals surface area contributed by atoms with Crippen LogP contribution < -0.4 is 10.3 Å². The molecule has 0 bridgehead atoms. The molecule has 0 spiro atoms. The molecule has 180 valence electrons. The largest absolute Gasteiger partial charge is 0.497 e. The molecule has 9 heteroatoms. The monoisotopic (exact) mass is 483 g/mol. The van der Waals surface area contributed by atoms with E-state index in [1.54, 1.807) is 19.1 Å². The minimum atomic E-state index is -0.644. The summed E-state index contributed by atoms with van der Waals surface area (Å²) in [6, 6.07) is 9.59. The molecule has 1 amide bonds. The van der Waals surface area contributed by atoms with E-state index >= 15 is 0 Å². The fourth-order valence-corrected chi connectivity index (χ4v) is 5.28. The number of carbonyl (C=O) groups is 2. The molecule has 8 nitrogen and oxygen atoms in total. The summed E-state index contributed by atoms with van der Waals surface area (Å²) in [6.07, 6.45) is 5.48. The molecule has 34 heavy (non-hydrogen) atoms. The minimum absolute atomic E-state index is 0.190. The Bertz CT molecular complexity index is 1230. The third-order valence-electron chi connectivity index (χ3n) is 6.46. The predicted molar refractivity (Wildman–Crippen MR) is 131 cm³/mol. The van der Waals surface area contributed by atoms with E-state index in [1.165, 1.54) is 22.2 Å². The lowest BCUT2D eigenvalue weighted by atomic mass is 9.87. The van der Waals surface area contributed by atoms with Gasteiger partial charge in [0.2, 0.25) is 0 Å². The van der Waals surface area contributed by atoms with E-state index < -0.39 is 5.97 Å². The number of aromatic nitrogens is 2. The molecule has 1 fully saturated rings. The summed E-state index contributed by atoms with van der Waals surface area (Å²) >= 11 is 1.32. The zero-order chi connectivity index (χ0) is 24.2. The van der Waals surface area contributed by atoms with Crippen LogP contribution in [0.2, 0.25) is 0 Å². The number of carbonyl (C=O) groups excluding carboxylic acids is 2. The van der Waals surface area contributed by atoms with E-state index in [2.05, 4.69) is 11.9 Å². The van der Waals surface area contributed by atoms with Crippen molar-refractivity contribution in [1.82, 2.24) is 14.5 Å². The van der Waals surface area contributed by atoms with Crippen LogP contribution in [0.5, 0.6) is 5.75 Å². The first kappa shape index (κ1) is 23.9. The number of hydrogen-bond donors (Lipinski definition) is 0. The van der Waals surface area contributed by atoms with Gasteiger partial charge < -0.3 is 14.4 Å². The van der Waals surface area contributed by atoms with Crippen molar-refractivity contribution in [2.45, 2.75) is 45.2 Å². The molecule has 1 aliphatic carbocycles. The van der Waals surface area contributed by atoms with Gasteiger partial charge in [-0.1, -0.05) is 6.92 Å². The van der Waals surface area contributed by atoms with Crippen LogP contribution in [0, 0.1) is 5.92 Å². The maximum atomic E-state index is 12.9. The lowest BCUT2D eigenvalue weighted by Gasteiger charge is -2.33. The first-order chi connectivity index (χ1) is 16.4. The van der Waals surface area contributed by atoms with Gasteiger partial charge in [0.1, 0.15) is 17.0 Å². The lowest BCUT2D eigenvalue weighted by molar-refractivity contribution is -0.153. The highest BCUT2D eigenvalue weighted by molar-refractivity contribution is 7.22. The average Bonchev–Trinajstić information content (AvgIpc) is 3.29. The molecular weight excluding hydrogens is 454 g/mol. The molecule has 0 atom stereocenters. The number of thiophene rings is 1. The third-order valence-corrected chi connectivity index (χ3v) is 7.62. The van der Waals surface area contributed by atoms with Gasteiger partial charge in [-0.25, -0.2) is 4.98 Å². The molecule has 2 heterocycles. The number of fused-ring (bicyclic) bond motifs is 1. The first-order valence-electron chi connectivity index (χ1n) is 11.4. The highest BCUT2D eigenvalue weighted by atomic mass is 32.1. The normalized spacial score (nSPS) is 18.0. The van der Waals surface area contributed by atoms with Crippen molar-refractivity contribution in [3.63, 3.8) is 0 Å². The SMILES string of the molecule is COc1ccc(-c2cc3ncn(CC(=O)OCC(=O)N(C)C4CCC(C)CC4)c(=O)c3s2)cc1. The summed E-state index contributed by atoms with van der Waals surface area (Å²) in [7, 11) is 3.37. The van der Waals surface area contributed by atoms with Crippen LogP contribution in [0.3, 0.4) is 0 Å². The lowest BCUT2D eigenvalue weighted by Crippen LogP contribution is -2.41. The standard InChI is InChI=1S/C25H29N3O5S/c1-16-4-8-18(9-5-16)27(2)22(29)14-33-23(30)13-28-15-26-20-12-21(34-24(20)25(28)31)17-6-10-19(32-3)11-7-17/h6-7,10-12,15-16,18H,4-5,8-9,13-14H2,1-3H3. The Balaban J connectivity index is 1.38. The first-order valence-corrected chi connectivity index (χ1v) is 12.2. The smallest absolute Gasteiger partial charge is 0.326 e. The summed E-state index contributed by atoms with van der Waals surface area (Å²) in [6.45, 7) is 1.60. The number of nitrogens with zero attached hydrogens (tertiary/aromatic N) is 3. The Morgan fingerprint density at radius 2 is 1.88 bits per heavy atom. The molecule has 1 aromatic carbocycles. The number of benzene rings is 1. The van der Waals surface area contributed by atoms with Crippen LogP contribution in [0.15, 0.2) is 41.5 Å². The van der Waals surface area contributed by atoms with Crippen molar-refractivity contribution < 1.29 is 19.1 Å².